The van der Waals surface area contributed by atoms with Crippen molar-refractivity contribution in [3.63, 3.8) is 0 Å². The number of anilines is 1. The van der Waals surface area contributed by atoms with Crippen LogP contribution in [0.5, 0.6) is 0 Å². The van der Waals surface area contributed by atoms with Gasteiger partial charge in [0.1, 0.15) is 0 Å². The molecular formula is C33H54N6O3S2. The molecule has 1 aromatic carbocycles. The van der Waals surface area contributed by atoms with Gasteiger partial charge in [0.05, 0.1) is 0 Å². The lowest BCUT2D eigenvalue weighted by Crippen LogP contribution is -2.32. The molecule has 1 unspecified atom stereocenters. The van der Waals surface area contributed by atoms with Gasteiger partial charge in [-0.3, -0.25) is 14.6 Å². The number of hydrogen-bond donors (Lipinski definition) is 7. The van der Waals surface area contributed by atoms with Gasteiger partial charge >= 0.3 is 0 Å². The molecule has 2 fully saturated rings. The number of carboxylic acid groups (broad SMARTS) is 1. The smallest absolute Gasteiger partial charge is 0.290 e. The standard InChI is InChI=1S/C21H33N5O.C6H8S.C5H11NS.CH2O2/c1-3-12-23-21(22)24-13-4-5-20(18-8-9-18)26-19-10-6-17(7-11-19)14-16(2)25-15-27;7-6-4-2-1-3-5-6;1-5(2)3-6-4-7-5;2-1-3/h6-7,10-11,15-16,26H,3-5,8-9,12-14H2,1-2H3,(H,25,27)(H3,22,23,24);2,4-5,7H,1,3H2;6H,3-4H2,1-2H3;1H,(H,2,3). The Morgan fingerprint density at radius 2 is 1.93 bits per heavy atom. The molecule has 1 amide bonds. The number of nitrogens with two attached hydrogens (primary N) is 1. The van der Waals surface area contributed by atoms with Gasteiger partial charge in [-0.1, -0.05) is 42.9 Å². The molecule has 1 aliphatic heterocycles. The Kier molecular flexibility index (Phi) is 20.9. The highest BCUT2D eigenvalue weighted by Gasteiger charge is 2.22. The second-order valence-electron chi connectivity index (χ2n) is 11.3. The summed E-state index contributed by atoms with van der Waals surface area (Å²) >= 11 is 6.12. The van der Waals surface area contributed by atoms with E-state index < -0.39 is 0 Å². The quantitative estimate of drug-likeness (QED) is 0.0495. The van der Waals surface area contributed by atoms with E-state index in [2.05, 4.69) is 96.1 Å². The van der Waals surface area contributed by atoms with E-state index in [4.69, 9.17) is 15.6 Å². The molecule has 1 atom stereocenters. The minimum absolute atomic E-state index is 0.145. The summed E-state index contributed by atoms with van der Waals surface area (Å²) in [5.74, 6) is 1.67. The number of nitrogens with one attached hydrogen (secondary N) is 4. The first-order valence-electron chi connectivity index (χ1n) is 15.4. The Bertz CT molecular complexity index is 1070. The summed E-state index contributed by atoms with van der Waals surface area (Å²) < 4.78 is 0.500. The summed E-state index contributed by atoms with van der Waals surface area (Å²) in [6.07, 6.45) is 15.7. The molecule has 1 heterocycles. The number of allylic oxidation sites excluding steroid dienone is 5. The van der Waals surface area contributed by atoms with Gasteiger partial charge in [0.2, 0.25) is 6.41 Å². The van der Waals surface area contributed by atoms with Crippen molar-refractivity contribution < 1.29 is 14.7 Å². The van der Waals surface area contributed by atoms with Crippen molar-refractivity contribution in [2.24, 2.45) is 10.7 Å². The SMILES string of the molecule is CC1(C)CNCS1.CCCN=C(N)NCCCC(Nc1ccc(CC(C)NC=O)cc1)=C1CC1.O=CO.SC1=CCCC=C1. The van der Waals surface area contributed by atoms with Gasteiger partial charge in [-0.2, -0.15) is 0 Å². The molecule has 0 aromatic heterocycles. The van der Waals surface area contributed by atoms with Crippen molar-refractivity contribution in [1.29, 1.82) is 0 Å². The number of amides is 1. The number of rotatable bonds is 12. The fourth-order valence-corrected chi connectivity index (χ4v) is 5.17. The van der Waals surface area contributed by atoms with Crippen LogP contribution < -0.4 is 27.0 Å². The monoisotopic (exact) mass is 646 g/mol. The van der Waals surface area contributed by atoms with Crippen LogP contribution in [-0.4, -0.2) is 60.2 Å². The molecule has 246 valence electrons. The average molecular weight is 647 g/mol. The summed E-state index contributed by atoms with van der Waals surface area (Å²) in [6.45, 7) is 11.1. The Morgan fingerprint density at radius 1 is 1.23 bits per heavy atom. The molecule has 1 saturated heterocycles. The molecule has 4 rings (SSSR count). The van der Waals surface area contributed by atoms with Gasteiger partial charge in [0.15, 0.2) is 5.96 Å². The van der Waals surface area contributed by atoms with E-state index in [-0.39, 0.29) is 12.5 Å². The summed E-state index contributed by atoms with van der Waals surface area (Å²) in [6, 6.07) is 8.60. The van der Waals surface area contributed by atoms with Crippen LogP contribution in [0.15, 0.2) is 63.7 Å². The molecule has 1 aromatic rings. The highest BCUT2D eigenvalue weighted by molar-refractivity contribution is 8.00. The third-order valence-electron chi connectivity index (χ3n) is 6.58. The third-order valence-corrected chi connectivity index (χ3v) is 8.18. The summed E-state index contributed by atoms with van der Waals surface area (Å²) in [7, 11) is 0. The molecule has 1 saturated carbocycles. The summed E-state index contributed by atoms with van der Waals surface area (Å²) in [4.78, 5) is 24.2. The zero-order valence-corrected chi connectivity index (χ0v) is 28.6. The van der Waals surface area contributed by atoms with Crippen LogP contribution in [-0.2, 0) is 16.0 Å². The van der Waals surface area contributed by atoms with Crippen LogP contribution in [0, 0.1) is 0 Å². The maximum absolute atomic E-state index is 10.5. The Hall–Kier alpha value is -2.89. The predicted octanol–water partition coefficient (Wildman–Crippen LogP) is 5.83. The Labute approximate surface area is 274 Å². The van der Waals surface area contributed by atoms with Crippen molar-refractivity contribution in [2.75, 3.05) is 30.8 Å². The van der Waals surface area contributed by atoms with E-state index in [0.717, 1.165) is 74.6 Å². The normalized spacial score (nSPS) is 16.7. The highest BCUT2D eigenvalue weighted by atomic mass is 32.2. The number of thiol groups is 1. The van der Waals surface area contributed by atoms with E-state index in [1.54, 1.807) is 0 Å². The minimum atomic E-state index is -0.250. The second kappa shape index (κ2) is 23.5. The van der Waals surface area contributed by atoms with Gasteiger partial charge in [0.25, 0.3) is 6.47 Å². The van der Waals surface area contributed by atoms with Gasteiger partial charge < -0.3 is 32.1 Å². The van der Waals surface area contributed by atoms with Gasteiger partial charge in [-0.05, 0) is 94.7 Å². The topological polar surface area (TPSA) is 141 Å². The zero-order chi connectivity index (χ0) is 32.6. The maximum atomic E-state index is 10.5. The molecule has 0 spiro atoms. The van der Waals surface area contributed by atoms with Crippen molar-refractivity contribution in [3.8, 4) is 0 Å². The number of aliphatic imine (C=N–C) groups is 1. The minimum Gasteiger partial charge on any atom is -0.483 e. The van der Waals surface area contributed by atoms with Crippen molar-refractivity contribution in [3.05, 3.63) is 64.2 Å². The first-order chi connectivity index (χ1) is 21.1. The van der Waals surface area contributed by atoms with E-state index in [9.17, 15) is 4.79 Å². The van der Waals surface area contributed by atoms with Gasteiger partial charge in [-0.25, -0.2) is 0 Å². The van der Waals surface area contributed by atoms with E-state index in [1.807, 2.05) is 24.8 Å². The Balaban J connectivity index is 0.000000456. The van der Waals surface area contributed by atoms with Crippen molar-refractivity contribution in [1.82, 2.24) is 16.0 Å². The zero-order valence-electron chi connectivity index (χ0n) is 26.9. The second-order valence-corrected chi connectivity index (χ2v) is 13.5. The highest BCUT2D eigenvalue weighted by Crippen LogP contribution is 2.34. The van der Waals surface area contributed by atoms with Gasteiger partial charge in [0, 0.05) is 47.7 Å². The fraction of sp³-hybridized carbons (Fsp3) is 0.545. The predicted molar refractivity (Wildman–Crippen MR) is 191 cm³/mol. The van der Waals surface area contributed by atoms with Crippen LogP contribution >= 0.6 is 24.4 Å². The molecule has 2 aliphatic carbocycles. The third kappa shape index (κ3) is 20.1. The van der Waals surface area contributed by atoms with Crippen molar-refractivity contribution in [2.45, 2.75) is 89.9 Å². The number of thioether (sulfide) groups is 1. The molecule has 3 aliphatic rings. The van der Waals surface area contributed by atoms with Crippen molar-refractivity contribution >= 4 is 48.9 Å². The largest absolute Gasteiger partial charge is 0.483 e. The lowest BCUT2D eigenvalue weighted by molar-refractivity contribution is -0.122. The first kappa shape index (κ1) is 39.1. The van der Waals surface area contributed by atoms with Crippen LogP contribution in [0.25, 0.3) is 0 Å². The van der Waals surface area contributed by atoms with Crippen LogP contribution in [0.4, 0.5) is 5.69 Å². The number of nitrogens with zero attached hydrogens (tertiary/aromatic N) is 1. The lowest BCUT2D eigenvalue weighted by Gasteiger charge is -2.14. The average Bonchev–Trinajstić information content (AvgIpc) is 3.77. The van der Waals surface area contributed by atoms with Crippen LogP contribution in [0.3, 0.4) is 0 Å². The molecule has 7 N–H and O–H groups in total. The number of carbonyl (C=O) groups excluding carboxylic acids is 1. The molecule has 0 bridgehead atoms. The van der Waals surface area contributed by atoms with Crippen LogP contribution in [0.1, 0.15) is 78.2 Å². The first-order valence-corrected chi connectivity index (χ1v) is 16.9. The van der Waals surface area contributed by atoms with E-state index >= 15 is 0 Å². The molecule has 0 radical (unpaired) electrons. The molecule has 9 nitrogen and oxygen atoms in total. The maximum Gasteiger partial charge on any atom is 0.290 e. The number of carbonyl (C=O) groups is 2. The number of benzene rings is 1. The lowest BCUT2D eigenvalue weighted by atomic mass is 10.1. The summed E-state index contributed by atoms with van der Waals surface area (Å²) in [5, 5.41) is 19.7. The molecule has 44 heavy (non-hydrogen) atoms. The number of hydrogen-bond acceptors (Lipinski definition) is 7. The number of guanidine groups is 1. The van der Waals surface area contributed by atoms with Crippen LogP contribution in [0.2, 0.25) is 0 Å². The fourth-order valence-electron chi connectivity index (χ4n) is 4.14. The summed E-state index contributed by atoms with van der Waals surface area (Å²) in [5.41, 5.74) is 11.0. The molecular weight excluding hydrogens is 593 g/mol. The van der Waals surface area contributed by atoms with E-state index in [1.165, 1.54) is 36.1 Å². The van der Waals surface area contributed by atoms with E-state index in [0.29, 0.717) is 10.7 Å². The Morgan fingerprint density at radius 3 is 2.39 bits per heavy atom. The van der Waals surface area contributed by atoms with Gasteiger partial charge in [-0.15, -0.1) is 24.4 Å². The molecule has 11 heteroatoms.